The van der Waals surface area contributed by atoms with E-state index in [9.17, 15) is 4.79 Å². The molecule has 0 spiro atoms. The zero-order valence-corrected chi connectivity index (χ0v) is 10.5. The van der Waals surface area contributed by atoms with E-state index >= 15 is 0 Å². The molecule has 0 fully saturated rings. The predicted octanol–water partition coefficient (Wildman–Crippen LogP) is 3.29. The van der Waals surface area contributed by atoms with E-state index in [1.54, 1.807) is 42.5 Å². The standard InChI is InChI=1S/C14H9ClO4/c15-10-3-1-2-9(6-10)14(16)19-11-4-5-12-13(7-11)18-8-17-12/h1-7H,8H2. The van der Waals surface area contributed by atoms with Gasteiger partial charge in [0.1, 0.15) is 5.75 Å². The van der Waals surface area contributed by atoms with E-state index in [2.05, 4.69) is 0 Å². The van der Waals surface area contributed by atoms with Crippen LogP contribution >= 0.6 is 11.6 Å². The third-order valence-corrected chi connectivity index (χ3v) is 2.85. The maximum atomic E-state index is 11.9. The molecule has 0 saturated heterocycles. The Kier molecular flexibility index (Phi) is 3.01. The molecule has 0 N–H and O–H groups in total. The smallest absolute Gasteiger partial charge is 0.343 e. The number of carbonyl (C=O) groups is 1. The van der Waals surface area contributed by atoms with E-state index in [0.29, 0.717) is 27.8 Å². The second-order valence-electron chi connectivity index (χ2n) is 3.91. The first-order valence-electron chi connectivity index (χ1n) is 5.60. The summed E-state index contributed by atoms with van der Waals surface area (Å²) in [6.07, 6.45) is 0. The first kappa shape index (κ1) is 11.9. The first-order valence-corrected chi connectivity index (χ1v) is 5.97. The minimum atomic E-state index is -0.471. The molecule has 0 bridgehead atoms. The Balaban J connectivity index is 1.80. The van der Waals surface area contributed by atoms with Crippen molar-refractivity contribution in [1.29, 1.82) is 0 Å². The summed E-state index contributed by atoms with van der Waals surface area (Å²) in [5.41, 5.74) is 0.394. The SMILES string of the molecule is O=C(Oc1ccc2c(c1)OCO2)c1cccc(Cl)c1. The molecule has 0 saturated carbocycles. The third-order valence-electron chi connectivity index (χ3n) is 2.61. The minimum Gasteiger partial charge on any atom is -0.454 e. The lowest BCUT2D eigenvalue weighted by atomic mass is 10.2. The van der Waals surface area contributed by atoms with Crippen molar-refractivity contribution in [1.82, 2.24) is 0 Å². The third kappa shape index (κ3) is 2.48. The van der Waals surface area contributed by atoms with E-state index in [1.807, 2.05) is 0 Å². The summed E-state index contributed by atoms with van der Waals surface area (Å²) >= 11 is 5.82. The minimum absolute atomic E-state index is 0.182. The number of esters is 1. The molecule has 4 nitrogen and oxygen atoms in total. The van der Waals surface area contributed by atoms with Crippen LogP contribution in [-0.4, -0.2) is 12.8 Å². The quantitative estimate of drug-likeness (QED) is 0.624. The van der Waals surface area contributed by atoms with E-state index in [1.165, 1.54) is 0 Å². The van der Waals surface area contributed by atoms with Gasteiger partial charge >= 0.3 is 5.97 Å². The van der Waals surface area contributed by atoms with Crippen LogP contribution in [0.25, 0.3) is 0 Å². The van der Waals surface area contributed by atoms with E-state index in [0.717, 1.165) is 0 Å². The van der Waals surface area contributed by atoms with Crippen LogP contribution < -0.4 is 14.2 Å². The van der Waals surface area contributed by atoms with Gasteiger partial charge in [0.05, 0.1) is 5.56 Å². The van der Waals surface area contributed by atoms with E-state index in [4.69, 9.17) is 25.8 Å². The summed E-state index contributed by atoms with van der Waals surface area (Å²) in [4.78, 5) is 11.9. The van der Waals surface area contributed by atoms with Crippen molar-refractivity contribution in [3.8, 4) is 17.2 Å². The molecule has 0 aromatic heterocycles. The summed E-state index contributed by atoms with van der Waals surface area (Å²) in [6.45, 7) is 0.182. The fourth-order valence-corrected chi connectivity index (χ4v) is 1.91. The Hall–Kier alpha value is -2.20. The lowest BCUT2D eigenvalue weighted by Crippen LogP contribution is -2.08. The molecule has 0 unspecified atom stereocenters. The lowest BCUT2D eigenvalue weighted by Gasteiger charge is -2.05. The summed E-state index contributed by atoms with van der Waals surface area (Å²) < 4.78 is 15.6. The van der Waals surface area contributed by atoms with Gasteiger partial charge in [-0.1, -0.05) is 17.7 Å². The van der Waals surface area contributed by atoms with Crippen molar-refractivity contribution in [3.63, 3.8) is 0 Å². The number of halogens is 1. The Morgan fingerprint density at radius 2 is 1.95 bits per heavy atom. The number of hydrogen-bond donors (Lipinski definition) is 0. The van der Waals surface area contributed by atoms with Crippen LogP contribution in [0, 0.1) is 0 Å². The number of fused-ring (bicyclic) bond motifs is 1. The van der Waals surface area contributed by atoms with Gasteiger partial charge in [0.15, 0.2) is 11.5 Å². The van der Waals surface area contributed by atoms with Gasteiger partial charge in [-0.05, 0) is 30.3 Å². The molecule has 0 atom stereocenters. The van der Waals surface area contributed by atoms with Gasteiger partial charge in [-0.2, -0.15) is 0 Å². The predicted molar refractivity (Wildman–Crippen MR) is 69.0 cm³/mol. The van der Waals surface area contributed by atoms with Gasteiger partial charge in [-0.15, -0.1) is 0 Å². The molecule has 1 heterocycles. The monoisotopic (exact) mass is 276 g/mol. The van der Waals surface area contributed by atoms with Crippen molar-refractivity contribution in [2.75, 3.05) is 6.79 Å². The topological polar surface area (TPSA) is 44.8 Å². The zero-order valence-electron chi connectivity index (χ0n) is 9.76. The summed E-state index contributed by atoms with van der Waals surface area (Å²) in [6, 6.07) is 11.5. The largest absolute Gasteiger partial charge is 0.454 e. The highest BCUT2D eigenvalue weighted by Crippen LogP contribution is 2.35. The Morgan fingerprint density at radius 1 is 1.11 bits per heavy atom. The molecule has 5 heteroatoms. The summed E-state index contributed by atoms with van der Waals surface area (Å²) in [5, 5.41) is 0.486. The van der Waals surface area contributed by atoms with Crippen LogP contribution in [0.1, 0.15) is 10.4 Å². The summed E-state index contributed by atoms with van der Waals surface area (Å²) in [7, 11) is 0. The van der Waals surface area contributed by atoms with Gasteiger partial charge in [-0.3, -0.25) is 0 Å². The zero-order chi connectivity index (χ0) is 13.2. The van der Waals surface area contributed by atoms with Crippen LogP contribution in [0.15, 0.2) is 42.5 Å². The molecule has 1 aliphatic rings. The average molecular weight is 277 g/mol. The van der Waals surface area contributed by atoms with Crippen LogP contribution in [0.3, 0.4) is 0 Å². The number of carbonyl (C=O) groups excluding carboxylic acids is 1. The highest BCUT2D eigenvalue weighted by Gasteiger charge is 2.15. The van der Waals surface area contributed by atoms with Crippen molar-refractivity contribution >= 4 is 17.6 Å². The van der Waals surface area contributed by atoms with Crippen LogP contribution in [0.4, 0.5) is 0 Å². The second kappa shape index (κ2) is 4.82. The lowest BCUT2D eigenvalue weighted by molar-refractivity contribution is 0.0734. The summed E-state index contributed by atoms with van der Waals surface area (Å²) in [5.74, 6) is 1.13. The Labute approximate surface area is 114 Å². The van der Waals surface area contributed by atoms with E-state index in [-0.39, 0.29) is 6.79 Å². The molecule has 96 valence electrons. The molecule has 0 amide bonds. The van der Waals surface area contributed by atoms with Crippen LogP contribution in [0.5, 0.6) is 17.2 Å². The van der Waals surface area contributed by atoms with Crippen molar-refractivity contribution in [2.45, 2.75) is 0 Å². The van der Waals surface area contributed by atoms with Gasteiger partial charge in [0.2, 0.25) is 6.79 Å². The second-order valence-corrected chi connectivity index (χ2v) is 4.35. The molecule has 0 aliphatic carbocycles. The maximum Gasteiger partial charge on any atom is 0.343 e. The Bertz CT molecular complexity index is 639. The number of rotatable bonds is 2. The average Bonchev–Trinajstić information content (AvgIpc) is 2.86. The van der Waals surface area contributed by atoms with E-state index < -0.39 is 5.97 Å². The molecule has 2 aromatic carbocycles. The van der Waals surface area contributed by atoms with Gasteiger partial charge < -0.3 is 14.2 Å². The van der Waals surface area contributed by atoms with Crippen LogP contribution in [0.2, 0.25) is 5.02 Å². The molecule has 0 radical (unpaired) electrons. The number of ether oxygens (including phenoxy) is 3. The molecular formula is C14H9ClO4. The molecular weight excluding hydrogens is 268 g/mol. The van der Waals surface area contributed by atoms with Gasteiger partial charge in [0.25, 0.3) is 0 Å². The highest BCUT2D eigenvalue weighted by atomic mass is 35.5. The Morgan fingerprint density at radius 3 is 2.79 bits per heavy atom. The molecule has 19 heavy (non-hydrogen) atoms. The molecule has 3 rings (SSSR count). The number of hydrogen-bond acceptors (Lipinski definition) is 4. The highest BCUT2D eigenvalue weighted by molar-refractivity contribution is 6.30. The van der Waals surface area contributed by atoms with Crippen molar-refractivity contribution in [3.05, 3.63) is 53.1 Å². The maximum absolute atomic E-state index is 11.9. The molecule has 2 aromatic rings. The fraction of sp³-hybridized carbons (Fsp3) is 0.0714. The normalized spacial score (nSPS) is 12.3. The van der Waals surface area contributed by atoms with Gasteiger partial charge in [-0.25, -0.2) is 4.79 Å². The van der Waals surface area contributed by atoms with Gasteiger partial charge in [0, 0.05) is 11.1 Å². The van der Waals surface area contributed by atoms with Crippen molar-refractivity contribution < 1.29 is 19.0 Å². The fourth-order valence-electron chi connectivity index (χ4n) is 1.72. The van der Waals surface area contributed by atoms with Crippen LogP contribution in [-0.2, 0) is 0 Å². The molecule has 1 aliphatic heterocycles. The number of benzene rings is 2. The van der Waals surface area contributed by atoms with Crippen molar-refractivity contribution in [2.24, 2.45) is 0 Å². The first-order chi connectivity index (χ1) is 9.22.